The molecular formula is C20H16N+. The summed E-state index contributed by atoms with van der Waals surface area (Å²) in [5.41, 5.74) is 3.68. The number of fused-ring (bicyclic) bond motifs is 3. The van der Waals surface area contributed by atoms with Crippen LogP contribution in [0.25, 0.3) is 32.8 Å². The first-order chi connectivity index (χ1) is 10.3. The molecular weight excluding hydrogens is 254 g/mol. The standard InChI is InChI=1S/C20H15N/c1-14-6-8-16(9-7-14)20-19-11-10-15-4-2-3-5-17(15)18(19)12-13-21-20/h2-13H,1H3/p+1. The van der Waals surface area contributed by atoms with E-state index >= 15 is 0 Å². The van der Waals surface area contributed by atoms with Crippen LogP contribution in [0.4, 0.5) is 0 Å². The summed E-state index contributed by atoms with van der Waals surface area (Å²) in [5, 5.41) is 5.14. The van der Waals surface area contributed by atoms with E-state index in [0.29, 0.717) is 0 Å². The maximum Gasteiger partial charge on any atom is 0.218 e. The molecule has 1 N–H and O–H groups in total. The quantitative estimate of drug-likeness (QED) is 0.442. The molecule has 4 aromatic rings. The average molecular weight is 270 g/mol. The van der Waals surface area contributed by atoms with Gasteiger partial charge in [0.15, 0.2) is 6.20 Å². The van der Waals surface area contributed by atoms with Gasteiger partial charge in [-0.15, -0.1) is 0 Å². The first-order valence-electron chi connectivity index (χ1n) is 7.22. The summed E-state index contributed by atoms with van der Waals surface area (Å²) in [4.78, 5) is 3.41. The van der Waals surface area contributed by atoms with Gasteiger partial charge in [0.2, 0.25) is 5.69 Å². The Labute approximate surface area is 123 Å². The van der Waals surface area contributed by atoms with Crippen LogP contribution in [0.3, 0.4) is 0 Å². The molecule has 0 aliphatic rings. The molecule has 3 aromatic carbocycles. The second kappa shape index (κ2) is 4.71. The minimum absolute atomic E-state index is 1.18. The number of rotatable bonds is 1. The number of aryl methyl sites for hydroxylation is 1. The van der Waals surface area contributed by atoms with Crippen molar-refractivity contribution >= 4 is 21.5 Å². The molecule has 21 heavy (non-hydrogen) atoms. The summed E-state index contributed by atoms with van der Waals surface area (Å²) in [6.07, 6.45) is 2.03. The SMILES string of the molecule is Cc1ccc(-c2[nH+]ccc3c2ccc2ccccc23)cc1. The molecule has 0 aliphatic carbocycles. The fourth-order valence-corrected chi connectivity index (χ4v) is 2.94. The smallest absolute Gasteiger partial charge is 0.211 e. The van der Waals surface area contributed by atoms with Crippen LogP contribution in [0.2, 0.25) is 0 Å². The number of nitrogens with one attached hydrogen (secondary N) is 1. The first kappa shape index (κ1) is 12.1. The Morgan fingerprint density at radius 1 is 0.667 bits per heavy atom. The molecule has 0 saturated heterocycles. The summed E-state index contributed by atoms with van der Waals surface area (Å²) in [6, 6.07) is 23.8. The number of aromatic amines is 1. The van der Waals surface area contributed by atoms with E-state index in [1.54, 1.807) is 0 Å². The zero-order valence-electron chi connectivity index (χ0n) is 11.9. The lowest BCUT2D eigenvalue weighted by molar-refractivity contribution is -0.362. The van der Waals surface area contributed by atoms with Gasteiger partial charge < -0.3 is 0 Å². The summed E-state index contributed by atoms with van der Waals surface area (Å²) in [6.45, 7) is 2.12. The van der Waals surface area contributed by atoms with Crippen LogP contribution < -0.4 is 4.98 Å². The molecule has 1 heterocycles. The van der Waals surface area contributed by atoms with Crippen molar-refractivity contribution in [2.24, 2.45) is 0 Å². The van der Waals surface area contributed by atoms with Gasteiger partial charge in [-0.05, 0) is 35.9 Å². The molecule has 4 rings (SSSR count). The van der Waals surface area contributed by atoms with Gasteiger partial charge in [-0.2, -0.15) is 0 Å². The van der Waals surface area contributed by atoms with Crippen molar-refractivity contribution in [1.29, 1.82) is 0 Å². The summed E-state index contributed by atoms with van der Waals surface area (Å²) in [7, 11) is 0. The van der Waals surface area contributed by atoms with Crippen molar-refractivity contribution in [2.75, 3.05) is 0 Å². The van der Waals surface area contributed by atoms with E-state index in [-0.39, 0.29) is 0 Å². The summed E-state index contributed by atoms with van der Waals surface area (Å²) < 4.78 is 0. The molecule has 0 aliphatic heterocycles. The lowest BCUT2D eigenvalue weighted by Gasteiger charge is -2.05. The van der Waals surface area contributed by atoms with Crippen LogP contribution in [-0.4, -0.2) is 0 Å². The minimum Gasteiger partial charge on any atom is -0.211 e. The summed E-state index contributed by atoms with van der Waals surface area (Å²) in [5.74, 6) is 0. The topological polar surface area (TPSA) is 14.1 Å². The Balaban J connectivity index is 2.06. The van der Waals surface area contributed by atoms with Crippen LogP contribution in [0.1, 0.15) is 5.56 Å². The highest BCUT2D eigenvalue weighted by Gasteiger charge is 2.12. The first-order valence-corrected chi connectivity index (χ1v) is 7.22. The highest BCUT2D eigenvalue weighted by atomic mass is 14.7. The maximum atomic E-state index is 3.41. The molecule has 0 atom stereocenters. The molecule has 0 spiro atoms. The van der Waals surface area contributed by atoms with E-state index in [4.69, 9.17) is 0 Å². The monoisotopic (exact) mass is 270 g/mol. The second-order valence-corrected chi connectivity index (χ2v) is 5.47. The largest absolute Gasteiger partial charge is 0.218 e. The second-order valence-electron chi connectivity index (χ2n) is 5.47. The predicted octanol–water partition coefficient (Wildman–Crippen LogP) is 4.78. The highest BCUT2D eigenvalue weighted by molar-refractivity contribution is 6.10. The third kappa shape index (κ3) is 1.98. The molecule has 100 valence electrons. The minimum atomic E-state index is 1.18. The van der Waals surface area contributed by atoms with Crippen LogP contribution in [0.5, 0.6) is 0 Å². The number of aromatic nitrogens is 1. The van der Waals surface area contributed by atoms with Gasteiger partial charge >= 0.3 is 0 Å². The van der Waals surface area contributed by atoms with Crippen molar-refractivity contribution in [1.82, 2.24) is 0 Å². The zero-order chi connectivity index (χ0) is 14.2. The van der Waals surface area contributed by atoms with Gasteiger partial charge in [-0.25, -0.2) is 4.98 Å². The fraction of sp³-hybridized carbons (Fsp3) is 0.0500. The lowest BCUT2D eigenvalue weighted by Crippen LogP contribution is -2.06. The third-order valence-electron chi connectivity index (χ3n) is 4.06. The van der Waals surface area contributed by atoms with Gasteiger partial charge in [0.05, 0.1) is 5.39 Å². The number of hydrogen-bond donors (Lipinski definition) is 0. The molecule has 0 saturated carbocycles. The van der Waals surface area contributed by atoms with E-state index in [0.717, 1.165) is 0 Å². The number of benzene rings is 3. The fourth-order valence-electron chi connectivity index (χ4n) is 2.94. The van der Waals surface area contributed by atoms with Gasteiger partial charge in [0.25, 0.3) is 0 Å². The molecule has 1 nitrogen and oxygen atoms in total. The maximum absolute atomic E-state index is 3.41. The molecule has 1 aromatic heterocycles. The molecule has 0 amide bonds. The normalized spacial score (nSPS) is 11.1. The van der Waals surface area contributed by atoms with E-state index in [1.807, 2.05) is 6.20 Å². The molecule has 0 unspecified atom stereocenters. The van der Waals surface area contributed by atoms with Crippen LogP contribution in [0, 0.1) is 6.92 Å². The highest BCUT2D eigenvalue weighted by Crippen LogP contribution is 2.30. The summed E-state index contributed by atoms with van der Waals surface area (Å²) >= 11 is 0. The third-order valence-corrected chi connectivity index (χ3v) is 4.06. The Bertz CT molecular complexity index is 937. The molecule has 0 fully saturated rings. The predicted molar refractivity (Wildman–Crippen MR) is 88.2 cm³/mol. The van der Waals surface area contributed by atoms with Crippen molar-refractivity contribution in [2.45, 2.75) is 6.92 Å². The van der Waals surface area contributed by atoms with E-state index < -0.39 is 0 Å². The molecule has 0 radical (unpaired) electrons. The Morgan fingerprint density at radius 3 is 2.33 bits per heavy atom. The number of pyridine rings is 1. The number of H-pyrrole nitrogens is 1. The van der Waals surface area contributed by atoms with Crippen LogP contribution >= 0.6 is 0 Å². The Hall–Kier alpha value is -2.67. The van der Waals surface area contributed by atoms with E-state index in [9.17, 15) is 0 Å². The van der Waals surface area contributed by atoms with E-state index in [1.165, 1.54) is 38.4 Å². The molecule has 1 heteroatoms. The van der Waals surface area contributed by atoms with Crippen molar-refractivity contribution in [3.05, 3.63) is 78.5 Å². The molecule has 0 bridgehead atoms. The van der Waals surface area contributed by atoms with Crippen molar-refractivity contribution < 1.29 is 4.98 Å². The van der Waals surface area contributed by atoms with Gasteiger partial charge in [0, 0.05) is 17.0 Å². The van der Waals surface area contributed by atoms with Crippen molar-refractivity contribution in [3.8, 4) is 11.3 Å². The van der Waals surface area contributed by atoms with E-state index in [2.05, 4.69) is 78.6 Å². The Morgan fingerprint density at radius 2 is 1.48 bits per heavy atom. The number of hydrogen-bond acceptors (Lipinski definition) is 0. The average Bonchev–Trinajstić information content (AvgIpc) is 2.55. The van der Waals surface area contributed by atoms with Crippen LogP contribution in [-0.2, 0) is 0 Å². The zero-order valence-corrected chi connectivity index (χ0v) is 11.9. The van der Waals surface area contributed by atoms with Crippen LogP contribution in [0.15, 0.2) is 72.9 Å². The lowest BCUT2D eigenvalue weighted by atomic mass is 9.98. The van der Waals surface area contributed by atoms with Gasteiger partial charge in [-0.1, -0.05) is 48.0 Å². The van der Waals surface area contributed by atoms with Crippen molar-refractivity contribution in [3.63, 3.8) is 0 Å². The van der Waals surface area contributed by atoms with Gasteiger partial charge in [-0.3, -0.25) is 0 Å². The Kier molecular flexibility index (Phi) is 2.71. The van der Waals surface area contributed by atoms with Gasteiger partial charge in [0.1, 0.15) is 0 Å².